The van der Waals surface area contributed by atoms with Crippen molar-refractivity contribution in [3.05, 3.63) is 65.3 Å². The third-order valence-corrected chi connectivity index (χ3v) is 5.02. The average molecular weight is 381 g/mol. The van der Waals surface area contributed by atoms with Crippen LogP contribution in [0, 0.1) is 0 Å². The van der Waals surface area contributed by atoms with Crippen LogP contribution in [0.25, 0.3) is 0 Å². The molecule has 1 saturated heterocycles. The number of ether oxygens (including phenoxy) is 1. The smallest absolute Gasteiger partial charge is 0.259 e. The van der Waals surface area contributed by atoms with E-state index in [0.717, 1.165) is 18.7 Å². The van der Waals surface area contributed by atoms with E-state index >= 15 is 0 Å². The van der Waals surface area contributed by atoms with Crippen molar-refractivity contribution in [3.63, 3.8) is 0 Å². The Morgan fingerprint density at radius 3 is 2.81 bits per heavy atom. The summed E-state index contributed by atoms with van der Waals surface area (Å²) in [7, 11) is 0. The van der Waals surface area contributed by atoms with Gasteiger partial charge in [0, 0.05) is 18.8 Å². The molecule has 2 N–H and O–H groups in total. The van der Waals surface area contributed by atoms with Gasteiger partial charge in [-0.15, -0.1) is 10.2 Å². The Kier molecular flexibility index (Phi) is 5.36. The second kappa shape index (κ2) is 8.24. The zero-order valence-corrected chi connectivity index (χ0v) is 15.4. The lowest BCUT2D eigenvalue weighted by molar-refractivity contribution is 0.00974. The fourth-order valence-electron chi connectivity index (χ4n) is 3.05. The SMILES string of the molecule is O=C(Nc1nncs1)c1ccc(NC2CCOC(c3ccccc3)C2)nc1. The summed E-state index contributed by atoms with van der Waals surface area (Å²) < 4.78 is 5.91. The van der Waals surface area contributed by atoms with Crippen molar-refractivity contribution in [1.29, 1.82) is 0 Å². The number of benzene rings is 1. The molecular weight excluding hydrogens is 362 g/mol. The van der Waals surface area contributed by atoms with Gasteiger partial charge in [0.15, 0.2) is 0 Å². The summed E-state index contributed by atoms with van der Waals surface area (Å²) in [6, 6.07) is 14.1. The van der Waals surface area contributed by atoms with Gasteiger partial charge in [-0.05, 0) is 30.5 Å². The van der Waals surface area contributed by atoms with E-state index in [2.05, 4.69) is 37.9 Å². The molecule has 138 valence electrons. The lowest BCUT2D eigenvalue weighted by Gasteiger charge is -2.30. The molecule has 0 radical (unpaired) electrons. The number of anilines is 2. The van der Waals surface area contributed by atoms with Crippen LogP contribution in [0.3, 0.4) is 0 Å². The maximum absolute atomic E-state index is 12.2. The summed E-state index contributed by atoms with van der Waals surface area (Å²) in [5, 5.41) is 14.1. The third-order valence-electron chi connectivity index (χ3n) is 4.41. The largest absolute Gasteiger partial charge is 0.373 e. The van der Waals surface area contributed by atoms with Crippen LogP contribution in [0.1, 0.15) is 34.9 Å². The molecule has 0 bridgehead atoms. The fourth-order valence-corrected chi connectivity index (χ4v) is 3.49. The van der Waals surface area contributed by atoms with Crippen LogP contribution in [0.4, 0.5) is 10.9 Å². The molecule has 2 unspecified atom stereocenters. The fraction of sp³-hybridized carbons (Fsp3) is 0.263. The van der Waals surface area contributed by atoms with Gasteiger partial charge in [0.1, 0.15) is 11.3 Å². The zero-order chi connectivity index (χ0) is 18.5. The minimum atomic E-state index is -0.249. The lowest BCUT2D eigenvalue weighted by Crippen LogP contribution is -2.30. The third kappa shape index (κ3) is 4.47. The van der Waals surface area contributed by atoms with Crippen LogP contribution in [-0.4, -0.2) is 33.7 Å². The Morgan fingerprint density at radius 1 is 1.19 bits per heavy atom. The van der Waals surface area contributed by atoms with Crippen molar-refractivity contribution in [2.75, 3.05) is 17.2 Å². The van der Waals surface area contributed by atoms with E-state index in [1.54, 1.807) is 17.8 Å². The lowest BCUT2D eigenvalue weighted by atomic mass is 9.97. The molecule has 2 atom stereocenters. The summed E-state index contributed by atoms with van der Waals surface area (Å²) >= 11 is 1.27. The van der Waals surface area contributed by atoms with Gasteiger partial charge in [0.2, 0.25) is 5.13 Å². The predicted octanol–water partition coefficient (Wildman–Crippen LogP) is 3.52. The summed E-state index contributed by atoms with van der Waals surface area (Å²) in [6.07, 6.45) is 3.46. The molecule has 1 fully saturated rings. The number of amides is 1. The molecule has 3 aromatic rings. The predicted molar refractivity (Wildman–Crippen MR) is 104 cm³/mol. The molecule has 4 rings (SSSR count). The molecular formula is C19H19N5O2S. The van der Waals surface area contributed by atoms with E-state index in [4.69, 9.17) is 4.74 Å². The van der Waals surface area contributed by atoms with Gasteiger partial charge in [-0.2, -0.15) is 0 Å². The van der Waals surface area contributed by atoms with Crippen molar-refractivity contribution < 1.29 is 9.53 Å². The number of nitrogens with one attached hydrogen (secondary N) is 2. The van der Waals surface area contributed by atoms with Gasteiger partial charge < -0.3 is 10.1 Å². The van der Waals surface area contributed by atoms with Gasteiger partial charge in [-0.3, -0.25) is 10.1 Å². The molecule has 2 aromatic heterocycles. The minimum absolute atomic E-state index is 0.0920. The Bertz CT molecular complexity index is 871. The summed E-state index contributed by atoms with van der Waals surface area (Å²) in [5.41, 5.74) is 3.24. The number of nitrogens with zero attached hydrogens (tertiary/aromatic N) is 3. The summed E-state index contributed by atoms with van der Waals surface area (Å²) in [6.45, 7) is 0.708. The maximum atomic E-state index is 12.2. The van der Waals surface area contributed by atoms with Crippen molar-refractivity contribution in [3.8, 4) is 0 Å². The standard InChI is InChI=1S/C19H19N5O2S/c25-18(23-19-24-21-12-27-19)14-6-7-17(20-11-14)22-15-8-9-26-16(10-15)13-4-2-1-3-5-13/h1-7,11-12,15-16H,8-10H2,(H,20,22)(H,23,24,25). The molecule has 0 saturated carbocycles. The van der Waals surface area contributed by atoms with Crippen LogP contribution in [0.5, 0.6) is 0 Å². The molecule has 1 aliphatic heterocycles. The molecule has 0 aliphatic carbocycles. The van der Waals surface area contributed by atoms with Crippen molar-refractivity contribution in [2.24, 2.45) is 0 Å². The molecule has 1 aromatic carbocycles. The Morgan fingerprint density at radius 2 is 2.07 bits per heavy atom. The maximum Gasteiger partial charge on any atom is 0.259 e. The number of pyridine rings is 1. The Labute approximate surface area is 160 Å². The molecule has 27 heavy (non-hydrogen) atoms. The van der Waals surface area contributed by atoms with Crippen molar-refractivity contribution in [1.82, 2.24) is 15.2 Å². The first-order chi connectivity index (χ1) is 13.3. The van der Waals surface area contributed by atoms with E-state index < -0.39 is 0 Å². The molecule has 7 nitrogen and oxygen atoms in total. The van der Waals surface area contributed by atoms with Crippen LogP contribution < -0.4 is 10.6 Å². The van der Waals surface area contributed by atoms with Crippen LogP contribution in [0.15, 0.2) is 54.2 Å². The molecule has 8 heteroatoms. The number of carbonyl (C=O) groups is 1. The van der Waals surface area contributed by atoms with Gasteiger partial charge in [0.05, 0.1) is 11.7 Å². The van der Waals surface area contributed by atoms with Crippen molar-refractivity contribution in [2.45, 2.75) is 25.0 Å². The number of aromatic nitrogens is 3. The number of hydrogen-bond acceptors (Lipinski definition) is 7. The minimum Gasteiger partial charge on any atom is -0.373 e. The normalized spacial score (nSPS) is 19.4. The highest BCUT2D eigenvalue weighted by Crippen LogP contribution is 2.29. The van der Waals surface area contributed by atoms with E-state index in [1.165, 1.54) is 16.9 Å². The number of rotatable bonds is 5. The topological polar surface area (TPSA) is 89.0 Å². The molecule has 0 spiro atoms. The monoisotopic (exact) mass is 381 g/mol. The zero-order valence-electron chi connectivity index (χ0n) is 14.5. The first-order valence-electron chi connectivity index (χ1n) is 8.74. The average Bonchev–Trinajstić information content (AvgIpc) is 3.22. The van der Waals surface area contributed by atoms with Gasteiger partial charge >= 0.3 is 0 Å². The first-order valence-corrected chi connectivity index (χ1v) is 9.62. The van der Waals surface area contributed by atoms with E-state index in [9.17, 15) is 4.79 Å². The van der Waals surface area contributed by atoms with E-state index in [-0.39, 0.29) is 18.1 Å². The Balaban J connectivity index is 1.36. The highest BCUT2D eigenvalue weighted by Gasteiger charge is 2.24. The van der Waals surface area contributed by atoms with Gasteiger partial charge in [0.25, 0.3) is 5.91 Å². The highest BCUT2D eigenvalue weighted by molar-refractivity contribution is 7.13. The van der Waals surface area contributed by atoms with Crippen LogP contribution in [0.2, 0.25) is 0 Å². The molecule has 1 amide bonds. The summed E-state index contributed by atoms with van der Waals surface area (Å²) in [5.74, 6) is 0.502. The first kappa shape index (κ1) is 17.6. The molecule has 1 aliphatic rings. The van der Waals surface area contributed by atoms with Crippen LogP contribution >= 0.6 is 11.3 Å². The second-order valence-corrected chi connectivity index (χ2v) is 7.10. The summed E-state index contributed by atoms with van der Waals surface area (Å²) in [4.78, 5) is 16.5. The molecule has 3 heterocycles. The number of carbonyl (C=O) groups excluding carboxylic acids is 1. The highest BCUT2D eigenvalue weighted by atomic mass is 32.1. The van der Waals surface area contributed by atoms with E-state index in [1.807, 2.05) is 24.3 Å². The number of hydrogen-bond donors (Lipinski definition) is 2. The van der Waals surface area contributed by atoms with Crippen LogP contribution in [-0.2, 0) is 4.74 Å². The van der Waals surface area contributed by atoms with Crippen molar-refractivity contribution >= 4 is 28.2 Å². The van der Waals surface area contributed by atoms with Gasteiger partial charge in [-0.1, -0.05) is 41.7 Å². The quantitative estimate of drug-likeness (QED) is 0.703. The van der Waals surface area contributed by atoms with E-state index in [0.29, 0.717) is 17.3 Å². The second-order valence-electron chi connectivity index (χ2n) is 6.27. The Hall–Kier alpha value is -2.84. The van der Waals surface area contributed by atoms with Gasteiger partial charge in [-0.25, -0.2) is 4.98 Å².